The lowest BCUT2D eigenvalue weighted by atomic mass is 9.45. The van der Waals surface area contributed by atoms with Gasteiger partial charge in [0.1, 0.15) is 17.7 Å². The van der Waals surface area contributed by atoms with Crippen LogP contribution in [0.4, 0.5) is 0 Å². The number of phenolic OH excluding ortho intramolecular Hbond substituents is 1. The summed E-state index contributed by atoms with van der Waals surface area (Å²) >= 11 is 0. The van der Waals surface area contributed by atoms with E-state index < -0.39 is 76.2 Å². The Morgan fingerprint density at radius 1 is 0.934 bits per heavy atom. The fourth-order valence-electron chi connectivity index (χ4n) is 21.9. The average Bonchev–Trinajstić information content (AvgIpc) is 1.50. The minimum absolute atomic E-state index is 0.136. The van der Waals surface area contributed by atoms with Crippen LogP contribution in [0.5, 0.6) is 5.75 Å². The number of aliphatic hydroxyl groups excluding tert-OH is 3. The van der Waals surface area contributed by atoms with Gasteiger partial charge in [0.2, 0.25) is 5.78 Å². The number of carbonyl (C=O) groups excluding carboxylic acids is 3. The Bertz CT molecular complexity index is 3550. The van der Waals surface area contributed by atoms with Gasteiger partial charge in [-0.2, -0.15) is 0 Å². The number of Topliss-reactive ketones (excluding diaryl/α,β-unsaturated/α-hetero) is 2. The Kier molecular flexibility index (Phi) is 15.6. The topological polar surface area (TPSA) is 240 Å². The summed E-state index contributed by atoms with van der Waals surface area (Å²) < 4.78 is 14.6. The van der Waals surface area contributed by atoms with Crippen LogP contribution in [0.3, 0.4) is 0 Å². The molecule has 11 bridgehead atoms. The van der Waals surface area contributed by atoms with E-state index >= 15 is 14.4 Å². The van der Waals surface area contributed by atoms with E-state index in [1.807, 2.05) is 38.2 Å². The van der Waals surface area contributed by atoms with E-state index in [0.29, 0.717) is 75.1 Å². The summed E-state index contributed by atoms with van der Waals surface area (Å²) in [6.07, 6.45) is 27.5. The highest BCUT2D eigenvalue weighted by molar-refractivity contribution is 6.33. The predicted molar refractivity (Wildman–Crippen MR) is 349 cm³/mol. The second-order valence-electron chi connectivity index (χ2n) is 31.2. The Morgan fingerprint density at radius 3 is 2.59 bits per heavy atom. The smallest absolute Gasteiger partial charge is 0.350 e. The number of phenols is 1. The molecule has 15 rings (SSSR count). The highest BCUT2D eigenvalue weighted by atomic mass is 16.7. The molecule has 0 amide bonds. The van der Waals surface area contributed by atoms with Gasteiger partial charge in [0.05, 0.1) is 31.1 Å². The normalized spacial score (nSPS) is 41.4. The number of dihydropyridines is 2. The summed E-state index contributed by atoms with van der Waals surface area (Å²) in [5.74, 6) is -1.37. The number of allylic oxidation sites excluding steroid dienone is 8. The van der Waals surface area contributed by atoms with Gasteiger partial charge in [-0.05, 0) is 239 Å². The first-order valence-corrected chi connectivity index (χ1v) is 35.1. The molecule has 7 aliphatic carbocycles. The van der Waals surface area contributed by atoms with Gasteiger partial charge in [0.15, 0.2) is 11.4 Å². The fraction of sp³-hybridized carbons (Fsp3) is 0.618. The minimum Gasteiger partial charge on any atom is -0.508 e. The number of nitrogens with two attached hydrogens (primary N) is 1. The van der Waals surface area contributed by atoms with Crippen LogP contribution in [0, 0.1) is 51.8 Å². The molecule has 486 valence electrons. The molecule has 15 nitrogen and oxygen atoms in total. The fourth-order valence-corrected chi connectivity index (χ4v) is 21.9. The van der Waals surface area contributed by atoms with Crippen molar-refractivity contribution in [2.45, 2.75) is 215 Å². The maximum Gasteiger partial charge on any atom is 0.350 e. The molecule has 6 aliphatic heterocycles. The number of aromatic hydroxyl groups is 1. The molecule has 0 radical (unpaired) electrons. The molecular weight excluding hydrogens is 1140 g/mol. The van der Waals surface area contributed by atoms with Crippen LogP contribution in [0.1, 0.15) is 193 Å². The van der Waals surface area contributed by atoms with Crippen LogP contribution in [0.25, 0.3) is 0 Å². The number of ether oxygens (including phenoxy) is 2. The second kappa shape index (κ2) is 23.1. The SMILES string of the molecule is CCNC12C=C3C=CCC4CCCCC5(C)CC6=CNC(N)C(=C6)C(c6cccc(O)c6)CC6C(C1)C(CC(O)C61CCC6(CCC(O)C6)C1)C(OC(=O)C16OC1(CC(CO)=C(C)CCC1=CCNC7=C1CCC(NC)N7)C(=O)c1cccc(c1C6=O)C5)C2CC34. The van der Waals surface area contributed by atoms with Gasteiger partial charge in [0, 0.05) is 53.6 Å². The molecule has 5 fully saturated rings. The molecule has 0 aromatic heterocycles. The van der Waals surface area contributed by atoms with E-state index in [4.69, 9.17) is 15.2 Å². The Labute approximate surface area is 537 Å². The molecule has 2 aromatic carbocycles. The van der Waals surface area contributed by atoms with Crippen molar-refractivity contribution in [1.82, 2.24) is 26.6 Å². The third kappa shape index (κ3) is 9.98. The number of esters is 1. The van der Waals surface area contributed by atoms with Crippen LogP contribution < -0.4 is 32.3 Å². The second-order valence-corrected chi connectivity index (χ2v) is 31.2. The molecule has 1 saturated heterocycles. The van der Waals surface area contributed by atoms with Crippen LogP contribution >= 0.6 is 0 Å². The van der Waals surface area contributed by atoms with Crippen LogP contribution in [0.15, 0.2) is 124 Å². The number of benzene rings is 2. The lowest BCUT2D eigenvalue weighted by Crippen LogP contribution is -2.68. The molecular formula is C76H98N6O9. The first-order chi connectivity index (χ1) is 43.9. The van der Waals surface area contributed by atoms with E-state index in [-0.39, 0.29) is 70.4 Å². The molecule has 13 aliphatic rings. The molecule has 3 spiro atoms. The highest BCUT2D eigenvalue weighted by Crippen LogP contribution is 2.71. The van der Waals surface area contributed by atoms with Gasteiger partial charge < -0.3 is 62.2 Å². The average molecular weight is 1240 g/mol. The van der Waals surface area contributed by atoms with Crippen molar-refractivity contribution in [3.05, 3.63) is 146 Å². The molecule has 18 unspecified atom stereocenters. The monoisotopic (exact) mass is 1240 g/mol. The Morgan fingerprint density at radius 2 is 1.79 bits per heavy atom. The van der Waals surface area contributed by atoms with Crippen molar-refractivity contribution in [2.75, 3.05) is 26.7 Å². The van der Waals surface area contributed by atoms with Crippen LogP contribution in [-0.2, 0) is 20.7 Å². The number of ketones is 2. The number of epoxide rings is 1. The zero-order chi connectivity index (χ0) is 63.0. The van der Waals surface area contributed by atoms with E-state index in [2.05, 4.69) is 83.1 Å². The molecule has 2 aromatic rings. The van der Waals surface area contributed by atoms with Gasteiger partial charge in [-0.15, -0.1) is 0 Å². The lowest BCUT2D eigenvalue weighted by molar-refractivity contribution is -0.199. The van der Waals surface area contributed by atoms with Gasteiger partial charge in [-0.1, -0.05) is 93.0 Å². The maximum absolute atomic E-state index is 16.9. The molecule has 4 saturated carbocycles. The quantitative estimate of drug-likeness (QED) is 0.0461. The van der Waals surface area contributed by atoms with Crippen molar-refractivity contribution >= 4 is 17.5 Å². The Hall–Kier alpha value is -5.65. The molecule has 91 heavy (non-hydrogen) atoms. The van der Waals surface area contributed by atoms with Gasteiger partial charge in [0.25, 0.3) is 5.60 Å². The largest absolute Gasteiger partial charge is 0.508 e. The van der Waals surface area contributed by atoms with E-state index in [1.54, 1.807) is 12.1 Å². The predicted octanol–water partition coefficient (Wildman–Crippen LogP) is 9.94. The third-order valence-electron chi connectivity index (χ3n) is 26.3. The van der Waals surface area contributed by atoms with Crippen molar-refractivity contribution in [3.63, 3.8) is 0 Å². The van der Waals surface area contributed by atoms with Crippen molar-refractivity contribution < 1.29 is 44.3 Å². The van der Waals surface area contributed by atoms with Crippen LogP contribution in [-0.4, -0.2) is 112 Å². The lowest BCUT2D eigenvalue weighted by Gasteiger charge is -2.63. The summed E-state index contributed by atoms with van der Waals surface area (Å²) in [6, 6.07) is 13.2. The molecule has 18 atom stereocenters. The first kappa shape index (κ1) is 61.5. The van der Waals surface area contributed by atoms with Crippen LogP contribution in [0.2, 0.25) is 0 Å². The number of hydrogen-bond acceptors (Lipinski definition) is 15. The minimum atomic E-state index is -2.35. The first-order valence-electron chi connectivity index (χ1n) is 35.1. The van der Waals surface area contributed by atoms with Crippen molar-refractivity contribution in [1.29, 1.82) is 0 Å². The number of hydrogen-bond donors (Lipinski definition) is 10. The third-order valence-corrected chi connectivity index (χ3v) is 26.3. The van der Waals surface area contributed by atoms with Crippen molar-refractivity contribution in [2.24, 2.45) is 57.5 Å². The number of rotatable bonds is 10. The summed E-state index contributed by atoms with van der Waals surface area (Å²) in [4.78, 5) is 49.8. The zero-order valence-corrected chi connectivity index (χ0v) is 54.0. The maximum atomic E-state index is 16.9. The number of aliphatic hydroxyl groups is 3. The summed E-state index contributed by atoms with van der Waals surface area (Å²) in [6.45, 7) is 7.40. The van der Waals surface area contributed by atoms with Gasteiger partial charge in [-0.3, -0.25) is 9.59 Å². The summed E-state index contributed by atoms with van der Waals surface area (Å²) in [5.41, 5.74) is 10.6. The van der Waals surface area contributed by atoms with Gasteiger partial charge in [-0.25, -0.2) is 4.79 Å². The Balaban J connectivity index is 0.923. The van der Waals surface area contributed by atoms with Crippen molar-refractivity contribution in [3.8, 4) is 5.75 Å². The van der Waals surface area contributed by atoms with Gasteiger partial charge >= 0.3 is 5.97 Å². The molecule has 11 N–H and O–H groups in total. The summed E-state index contributed by atoms with van der Waals surface area (Å²) in [7, 11) is 1.96. The molecule has 6 heterocycles. The van der Waals surface area contributed by atoms with E-state index in [1.165, 1.54) is 16.7 Å². The number of nitrogens with one attached hydrogen (secondary N) is 5. The molecule has 15 heteroatoms. The number of carbonyl (C=O) groups is 3. The summed E-state index contributed by atoms with van der Waals surface area (Å²) in [5, 5.41) is 66.5. The number of likely N-dealkylation sites (N-methyl/N-ethyl adjacent to an activating group) is 1. The number of fused-ring (bicyclic) bond motifs is 4. The van der Waals surface area contributed by atoms with E-state index in [9.17, 15) is 20.4 Å². The van der Waals surface area contributed by atoms with E-state index in [0.717, 1.165) is 118 Å². The zero-order valence-electron chi connectivity index (χ0n) is 54.0. The standard InChI is InChI=1S/C76H98N6O9/c1-5-81-74-36-48-14-8-12-45-11-6-7-24-71(3)34-44-29-58(68(77)80-40-44)56(47-13-9-16-51(84)30-47)32-60-59(39-74)57(33-62(86)73(60)27-26-72(42-73)25-22-52(85)38-72)65(61(74)31-55(45)48)90-70(89)76-67(88)64-49(35-71)15-10-17-54(64)66(87)75(76,91-76)37-50(41-83)43(2)18-19-46-23-28-79-69-53(46)20-21-63(78-4)82-69/h8-10,13-17,23,29-30,36,40,45,52,55-57,59-63,65,68,78-86H,5-7,11-12,18-22,24-28,31-35,37-39,41-42,77H2,1-4H3. The highest BCUT2D eigenvalue weighted by Gasteiger charge is 2.86.